The van der Waals surface area contributed by atoms with Crippen LogP contribution >= 0.6 is 11.6 Å². The summed E-state index contributed by atoms with van der Waals surface area (Å²) < 4.78 is 5.20. The van der Waals surface area contributed by atoms with Crippen LogP contribution in [0.5, 0.6) is 5.75 Å². The zero-order valence-electron chi connectivity index (χ0n) is 13.6. The predicted octanol–water partition coefficient (Wildman–Crippen LogP) is 4.34. The van der Waals surface area contributed by atoms with Crippen molar-refractivity contribution in [1.82, 2.24) is 0 Å². The maximum Gasteiger partial charge on any atom is 0.259 e. The summed E-state index contributed by atoms with van der Waals surface area (Å²) in [7, 11) is 1.49. The SMILES string of the molecule is CCCC(=O)Nc1ccccc1NC(=O)c1cc(Cl)ccc1OC. The fraction of sp³-hybridized carbons (Fsp3) is 0.222. The van der Waals surface area contributed by atoms with Crippen LogP contribution in [0.1, 0.15) is 30.1 Å². The van der Waals surface area contributed by atoms with Crippen molar-refractivity contribution in [3.63, 3.8) is 0 Å². The number of ether oxygens (including phenoxy) is 1. The number of anilines is 2. The molecule has 0 aliphatic rings. The van der Waals surface area contributed by atoms with E-state index in [-0.39, 0.29) is 11.8 Å². The molecular formula is C18H19ClN2O3. The molecule has 0 saturated heterocycles. The molecule has 0 saturated carbocycles. The lowest BCUT2D eigenvalue weighted by Gasteiger charge is -2.13. The number of para-hydroxylation sites is 2. The molecule has 2 N–H and O–H groups in total. The van der Waals surface area contributed by atoms with Gasteiger partial charge in [-0.1, -0.05) is 30.7 Å². The van der Waals surface area contributed by atoms with Crippen molar-refractivity contribution in [3.8, 4) is 5.75 Å². The van der Waals surface area contributed by atoms with Crippen LogP contribution in [0, 0.1) is 0 Å². The van der Waals surface area contributed by atoms with Crippen molar-refractivity contribution in [2.24, 2.45) is 0 Å². The molecule has 24 heavy (non-hydrogen) atoms. The minimum absolute atomic E-state index is 0.0977. The van der Waals surface area contributed by atoms with Crippen molar-refractivity contribution in [2.45, 2.75) is 19.8 Å². The van der Waals surface area contributed by atoms with Gasteiger partial charge < -0.3 is 15.4 Å². The normalized spacial score (nSPS) is 10.1. The van der Waals surface area contributed by atoms with Crippen molar-refractivity contribution < 1.29 is 14.3 Å². The Balaban J connectivity index is 2.24. The van der Waals surface area contributed by atoms with Crippen LogP contribution in [0.4, 0.5) is 11.4 Å². The molecule has 0 atom stereocenters. The highest BCUT2D eigenvalue weighted by molar-refractivity contribution is 6.31. The summed E-state index contributed by atoms with van der Waals surface area (Å²) in [6.45, 7) is 1.93. The Kier molecular flexibility index (Phi) is 6.21. The fourth-order valence-electron chi connectivity index (χ4n) is 2.19. The van der Waals surface area contributed by atoms with Gasteiger partial charge in [-0.05, 0) is 36.8 Å². The Hall–Kier alpha value is -2.53. The van der Waals surface area contributed by atoms with Crippen molar-refractivity contribution in [2.75, 3.05) is 17.7 Å². The van der Waals surface area contributed by atoms with Crippen molar-refractivity contribution >= 4 is 34.8 Å². The average molecular weight is 347 g/mol. The van der Waals surface area contributed by atoms with Crippen LogP contribution in [0.3, 0.4) is 0 Å². The molecule has 0 radical (unpaired) electrons. The molecule has 0 heterocycles. The number of carbonyl (C=O) groups is 2. The van der Waals surface area contributed by atoms with Gasteiger partial charge in [0.2, 0.25) is 5.91 Å². The summed E-state index contributed by atoms with van der Waals surface area (Å²) >= 11 is 5.96. The molecule has 2 amide bonds. The lowest BCUT2D eigenvalue weighted by molar-refractivity contribution is -0.116. The van der Waals surface area contributed by atoms with Gasteiger partial charge in [0, 0.05) is 11.4 Å². The molecule has 6 heteroatoms. The molecule has 0 unspecified atom stereocenters. The summed E-state index contributed by atoms with van der Waals surface area (Å²) in [4.78, 5) is 24.4. The van der Waals surface area contributed by atoms with Gasteiger partial charge >= 0.3 is 0 Å². The van der Waals surface area contributed by atoms with E-state index in [1.165, 1.54) is 13.2 Å². The number of carbonyl (C=O) groups excluding carboxylic acids is 2. The van der Waals surface area contributed by atoms with E-state index in [9.17, 15) is 9.59 Å². The minimum Gasteiger partial charge on any atom is -0.496 e. The van der Waals surface area contributed by atoms with Gasteiger partial charge in [-0.2, -0.15) is 0 Å². The smallest absolute Gasteiger partial charge is 0.259 e. The number of hydrogen-bond donors (Lipinski definition) is 2. The average Bonchev–Trinajstić information content (AvgIpc) is 2.56. The van der Waals surface area contributed by atoms with E-state index in [1.807, 2.05) is 6.92 Å². The topological polar surface area (TPSA) is 67.4 Å². The summed E-state index contributed by atoms with van der Waals surface area (Å²) in [6, 6.07) is 11.8. The van der Waals surface area contributed by atoms with Gasteiger partial charge in [-0.25, -0.2) is 0 Å². The van der Waals surface area contributed by atoms with Crippen LogP contribution in [0.25, 0.3) is 0 Å². The lowest BCUT2D eigenvalue weighted by Crippen LogP contribution is -2.17. The van der Waals surface area contributed by atoms with Crippen molar-refractivity contribution in [3.05, 3.63) is 53.1 Å². The first kappa shape index (κ1) is 17.8. The van der Waals surface area contributed by atoms with Crippen molar-refractivity contribution in [1.29, 1.82) is 0 Å². The maximum atomic E-state index is 12.5. The number of methoxy groups -OCH3 is 1. The Bertz CT molecular complexity index is 747. The fourth-order valence-corrected chi connectivity index (χ4v) is 2.36. The van der Waals surface area contributed by atoms with Gasteiger partial charge in [0.05, 0.1) is 24.0 Å². The summed E-state index contributed by atoms with van der Waals surface area (Å²) in [5.41, 5.74) is 1.37. The van der Waals surface area contributed by atoms with E-state index in [4.69, 9.17) is 16.3 Å². The largest absolute Gasteiger partial charge is 0.496 e. The molecule has 0 spiro atoms. The second-order valence-corrected chi connectivity index (χ2v) is 5.58. The number of nitrogens with one attached hydrogen (secondary N) is 2. The van der Waals surface area contributed by atoms with Gasteiger partial charge in [-0.3, -0.25) is 9.59 Å². The van der Waals surface area contributed by atoms with E-state index < -0.39 is 0 Å². The second kappa shape index (κ2) is 8.36. The number of rotatable bonds is 6. The van der Waals surface area contributed by atoms with E-state index >= 15 is 0 Å². The van der Waals surface area contributed by atoms with Crippen LogP contribution in [-0.4, -0.2) is 18.9 Å². The van der Waals surface area contributed by atoms with Crippen LogP contribution in [0.2, 0.25) is 5.02 Å². The van der Waals surface area contributed by atoms with Gasteiger partial charge in [-0.15, -0.1) is 0 Å². The molecule has 2 aromatic rings. The summed E-state index contributed by atoms with van der Waals surface area (Å²) in [5.74, 6) is -0.0459. The first-order chi connectivity index (χ1) is 11.5. The van der Waals surface area contributed by atoms with E-state index in [1.54, 1.807) is 36.4 Å². The van der Waals surface area contributed by atoms with Crippen LogP contribution in [-0.2, 0) is 4.79 Å². The quantitative estimate of drug-likeness (QED) is 0.817. The first-order valence-corrected chi connectivity index (χ1v) is 7.96. The molecule has 2 aromatic carbocycles. The number of benzene rings is 2. The monoisotopic (exact) mass is 346 g/mol. The third-order valence-electron chi connectivity index (χ3n) is 3.33. The van der Waals surface area contributed by atoms with Gasteiger partial charge in [0.1, 0.15) is 5.75 Å². The Morgan fingerprint density at radius 2 is 1.75 bits per heavy atom. The molecule has 5 nitrogen and oxygen atoms in total. The Morgan fingerprint density at radius 1 is 1.08 bits per heavy atom. The maximum absolute atomic E-state index is 12.5. The zero-order chi connectivity index (χ0) is 17.5. The van der Waals surface area contributed by atoms with Crippen LogP contribution < -0.4 is 15.4 Å². The highest BCUT2D eigenvalue weighted by atomic mass is 35.5. The number of halogens is 1. The van der Waals surface area contributed by atoms with Gasteiger partial charge in [0.25, 0.3) is 5.91 Å². The minimum atomic E-state index is -0.369. The van der Waals surface area contributed by atoms with E-state index in [2.05, 4.69) is 10.6 Å². The number of hydrogen-bond acceptors (Lipinski definition) is 3. The molecule has 0 bridgehead atoms. The lowest BCUT2D eigenvalue weighted by atomic mass is 10.1. The Morgan fingerprint density at radius 3 is 2.38 bits per heavy atom. The van der Waals surface area contributed by atoms with Crippen LogP contribution in [0.15, 0.2) is 42.5 Å². The molecule has 0 aromatic heterocycles. The Labute approximate surface area is 146 Å². The molecule has 0 aliphatic carbocycles. The summed E-state index contributed by atoms with van der Waals surface area (Å²) in [5, 5.41) is 6.02. The summed E-state index contributed by atoms with van der Waals surface area (Å²) in [6.07, 6.45) is 1.17. The highest BCUT2D eigenvalue weighted by Crippen LogP contribution is 2.26. The van der Waals surface area contributed by atoms with E-state index in [0.717, 1.165) is 6.42 Å². The molecule has 126 valence electrons. The third kappa shape index (κ3) is 4.49. The first-order valence-electron chi connectivity index (χ1n) is 7.59. The molecule has 0 fully saturated rings. The number of amides is 2. The van der Waals surface area contributed by atoms with Gasteiger partial charge in [0.15, 0.2) is 0 Å². The highest BCUT2D eigenvalue weighted by Gasteiger charge is 2.15. The predicted molar refractivity (Wildman–Crippen MR) is 95.9 cm³/mol. The molecular weight excluding hydrogens is 328 g/mol. The van der Waals surface area contributed by atoms with E-state index in [0.29, 0.717) is 34.1 Å². The second-order valence-electron chi connectivity index (χ2n) is 5.14. The molecule has 2 rings (SSSR count). The molecule has 0 aliphatic heterocycles. The third-order valence-corrected chi connectivity index (χ3v) is 3.57. The zero-order valence-corrected chi connectivity index (χ0v) is 14.3. The standard InChI is InChI=1S/C18H19ClN2O3/c1-3-6-17(22)20-14-7-4-5-8-15(14)21-18(23)13-11-12(19)9-10-16(13)24-2/h4-5,7-11H,3,6H2,1-2H3,(H,20,22)(H,21,23).